The summed E-state index contributed by atoms with van der Waals surface area (Å²) >= 11 is 0. The molecule has 4 N–H and O–H groups in total. The first-order valence-corrected chi connectivity index (χ1v) is 9.26. The van der Waals surface area contributed by atoms with E-state index in [0.717, 1.165) is 24.3 Å². The summed E-state index contributed by atoms with van der Waals surface area (Å²) in [6, 6.07) is 3.36. The number of carbonyl (C=O) groups excluding carboxylic acids is 1. The summed E-state index contributed by atoms with van der Waals surface area (Å²) in [5, 5.41) is 2.62. The standard InChI is InChI=1S/C15H22F3N3O4S/c1-10(2)7-11(8-19)21-14(22)9-20-26(23,24)13-5-3-12(4-6-13)25-15(16,17)18/h3-6,10-11,20H,7-9,19H2,1-2H3,(H,21,22). The number of alkyl halides is 3. The first-order valence-electron chi connectivity index (χ1n) is 7.78. The monoisotopic (exact) mass is 397 g/mol. The van der Waals surface area contributed by atoms with Crippen LogP contribution in [0.5, 0.6) is 5.75 Å². The molecule has 0 saturated carbocycles. The van der Waals surface area contributed by atoms with E-state index in [9.17, 15) is 26.4 Å². The number of benzene rings is 1. The summed E-state index contributed by atoms with van der Waals surface area (Å²) < 4.78 is 66.2. The number of hydrogen-bond donors (Lipinski definition) is 3. The fourth-order valence-corrected chi connectivity index (χ4v) is 3.11. The van der Waals surface area contributed by atoms with E-state index in [1.807, 2.05) is 13.8 Å². The number of rotatable bonds is 9. The van der Waals surface area contributed by atoms with Crippen molar-refractivity contribution in [3.05, 3.63) is 24.3 Å². The Morgan fingerprint density at radius 3 is 2.27 bits per heavy atom. The molecule has 1 rings (SSSR count). The van der Waals surface area contributed by atoms with E-state index in [-0.39, 0.29) is 17.5 Å². The van der Waals surface area contributed by atoms with Crippen LogP contribution in [0.4, 0.5) is 13.2 Å². The van der Waals surface area contributed by atoms with E-state index < -0.39 is 34.6 Å². The van der Waals surface area contributed by atoms with Crippen LogP contribution < -0.4 is 20.5 Å². The highest BCUT2D eigenvalue weighted by atomic mass is 32.2. The Balaban J connectivity index is 2.64. The average Bonchev–Trinajstić information content (AvgIpc) is 2.51. The van der Waals surface area contributed by atoms with Crippen molar-refractivity contribution < 1.29 is 31.1 Å². The second-order valence-electron chi connectivity index (χ2n) is 5.97. The number of nitrogens with two attached hydrogens (primary N) is 1. The molecule has 0 bridgehead atoms. The number of amides is 1. The van der Waals surface area contributed by atoms with Crippen molar-refractivity contribution in [3.8, 4) is 5.75 Å². The van der Waals surface area contributed by atoms with Gasteiger partial charge in [0.25, 0.3) is 0 Å². The minimum atomic E-state index is -4.87. The topological polar surface area (TPSA) is 111 Å². The molecule has 0 heterocycles. The summed E-state index contributed by atoms with van der Waals surface area (Å²) in [6.07, 6.45) is -4.22. The van der Waals surface area contributed by atoms with E-state index in [4.69, 9.17) is 5.73 Å². The minimum Gasteiger partial charge on any atom is -0.406 e. The highest BCUT2D eigenvalue weighted by Gasteiger charge is 2.31. The summed E-state index contributed by atoms with van der Waals surface area (Å²) in [5.41, 5.74) is 5.55. The van der Waals surface area contributed by atoms with Gasteiger partial charge >= 0.3 is 6.36 Å². The third kappa shape index (κ3) is 8.02. The van der Waals surface area contributed by atoms with Gasteiger partial charge in [-0.25, -0.2) is 13.1 Å². The molecule has 7 nitrogen and oxygen atoms in total. The highest BCUT2D eigenvalue weighted by Crippen LogP contribution is 2.23. The first-order chi connectivity index (χ1) is 11.9. The van der Waals surface area contributed by atoms with Gasteiger partial charge in [0.15, 0.2) is 0 Å². The number of halogens is 3. The molecule has 26 heavy (non-hydrogen) atoms. The zero-order valence-electron chi connectivity index (χ0n) is 14.3. The van der Waals surface area contributed by atoms with Crippen LogP contribution in [0.25, 0.3) is 0 Å². The summed E-state index contributed by atoms with van der Waals surface area (Å²) in [5.74, 6) is -0.798. The van der Waals surface area contributed by atoms with Crippen molar-refractivity contribution in [1.82, 2.24) is 10.0 Å². The van der Waals surface area contributed by atoms with Crippen LogP contribution in [0.2, 0.25) is 0 Å². The Kier molecular flexibility index (Phi) is 7.85. The fraction of sp³-hybridized carbons (Fsp3) is 0.533. The fourth-order valence-electron chi connectivity index (χ4n) is 2.13. The normalized spacial score (nSPS) is 13.5. The lowest BCUT2D eigenvalue weighted by Gasteiger charge is -2.19. The number of nitrogens with one attached hydrogen (secondary N) is 2. The average molecular weight is 397 g/mol. The second kappa shape index (κ2) is 9.19. The third-order valence-corrected chi connectivity index (χ3v) is 4.61. The lowest BCUT2D eigenvalue weighted by atomic mass is 10.0. The lowest BCUT2D eigenvalue weighted by molar-refractivity contribution is -0.274. The molecular weight excluding hydrogens is 375 g/mol. The molecule has 1 aromatic rings. The molecule has 0 aliphatic heterocycles. The van der Waals surface area contributed by atoms with Crippen LogP contribution in [0, 0.1) is 5.92 Å². The van der Waals surface area contributed by atoms with Crippen molar-refractivity contribution in [2.75, 3.05) is 13.1 Å². The molecule has 1 unspecified atom stereocenters. The number of ether oxygens (including phenoxy) is 1. The maximum atomic E-state index is 12.1. The Morgan fingerprint density at radius 1 is 1.23 bits per heavy atom. The van der Waals surface area contributed by atoms with Crippen LogP contribution in [-0.4, -0.2) is 39.8 Å². The molecule has 0 fully saturated rings. The van der Waals surface area contributed by atoms with Gasteiger partial charge in [-0.05, 0) is 36.6 Å². The molecule has 0 saturated heterocycles. The number of sulfonamides is 1. The summed E-state index contributed by atoms with van der Waals surface area (Å²) in [4.78, 5) is 11.5. The van der Waals surface area contributed by atoms with Gasteiger partial charge in [-0.3, -0.25) is 4.79 Å². The SMILES string of the molecule is CC(C)CC(CN)NC(=O)CNS(=O)(=O)c1ccc(OC(F)(F)F)cc1. The van der Waals surface area contributed by atoms with E-state index >= 15 is 0 Å². The zero-order valence-corrected chi connectivity index (χ0v) is 15.2. The van der Waals surface area contributed by atoms with Crippen molar-refractivity contribution >= 4 is 15.9 Å². The van der Waals surface area contributed by atoms with Gasteiger partial charge in [0.05, 0.1) is 11.4 Å². The van der Waals surface area contributed by atoms with Gasteiger partial charge in [0.2, 0.25) is 15.9 Å². The largest absolute Gasteiger partial charge is 0.573 e. The van der Waals surface area contributed by atoms with Crippen molar-refractivity contribution in [2.24, 2.45) is 11.7 Å². The molecule has 1 aromatic carbocycles. The maximum Gasteiger partial charge on any atom is 0.573 e. The molecular formula is C15H22F3N3O4S. The van der Waals surface area contributed by atoms with Crippen molar-refractivity contribution in [3.63, 3.8) is 0 Å². The van der Waals surface area contributed by atoms with Crippen molar-refractivity contribution in [2.45, 2.75) is 37.6 Å². The predicted octanol–water partition coefficient (Wildman–Crippen LogP) is 1.35. The van der Waals surface area contributed by atoms with Crippen LogP contribution >= 0.6 is 0 Å². The molecule has 0 aromatic heterocycles. The Labute approximate surface area is 150 Å². The number of hydrogen-bond acceptors (Lipinski definition) is 5. The van der Waals surface area contributed by atoms with Gasteiger partial charge < -0.3 is 15.8 Å². The predicted molar refractivity (Wildman–Crippen MR) is 88.8 cm³/mol. The molecule has 0 aliphatic rings. The summed E-state index contributed by atoms with van der Waals surface area (Å²) in [6.45, 7) is 3.63. The van der Waals surface area contributed by atoms with Gasteiger partial charge in [-0.1, -0.05) is 13.8 Å². The highest BCUT2D eigenvalue weighted by molar-refractivity contribution is 7.89. The van der Waals surface area contributed by atoms with Gasteiger partial charge in [0, 0.05) is 12.6 Å². The Hall–Kier alpha value is -1.85. The molecule has 0 radical (unpaired) electrons. The minimum absolute atomic E-state index is 0.220. The molecule has 1 amide bonds. The van der Waals surface area contributed by atoms with E-state index in [0.29, 0.717) is 12.3 Å². The molecule has 1 atom stereocenters. The van der Waals surface area contributed by atoms with E-state index in [1.165, 1.54) is 0 Å². The van der Waals surface area contributed by atoms with Crippen LogP contribution in [0.3, 0.4) is 0 Å². The smallest absolute Gasteiger partial charge is 0.406 e. The summed E-state index contributed by atoms with van der Waals surface area (Å²) in [7, 11) is -4.06. The first kappa shape index (κ1) is 22.2. The van der Waals surface area contributed by atoms with Crippen LogP contribution in [0.1, 0.15) is 20.3 Å². The molecule has 148 valence electrons. The van der Waals surface area contributed by atoms with Crippen molar-refractivity contribution in [1.29, 1.82) is 0 Å². The van der Waals surface area contributed by atoms with Gasteiger partial charge in [0.1, 0.15) is 5.75 Å². The molecule has 11 heteroatoms. The Bertz CT molecular complexity index is 691. The lowest BCUT2D eigenvalue weighted by Crippen LogP contribution is -2.45. The van der Waals surface area contributed by atoms with E-state index in [2.05, 4.69) is 14.8 Å². The second-order valence-corrected chi connectivity index (χ2v) is 7.74. The van der Waals surface area contributed by atoms with E-state index in [1.54, 1.807) is 0 Å². The third-order valence-electron chi connectivity index (χ3n) is 3.20. The zero-order chi connectivity index (χ0) is 20.0. The van der Waals surface area contributed by atoms with Crippen LogP contribution in [-0.2, 0) is 14.8 Å². The Morgan fingerprint density at radius 2 is 1.81 bits per heavy atom. The quantitative estimate of drug-likeness (QED) is 0.583. The maximum absolute atomic E-state index is 12.1. The van der Waals surface area contributed by atoms with Gasteiger partial charge in [-0.2, -0.15) is 0 Å². The molecule has 0 aliphatic carbocycles. The molecule has 0 spiro atoms. The van der Waals surface area contributed by atoms with Gasteiger partial charge in [-0.15, -0.1) is 13.2 Å². The van der Waals surface area contributed by atoms with Crippen LogP contribution in [0.15, 0.2) is 29.2 Å². The number of carbonyl (C=O) groups is 1.